The Kier molecular flexibility index (Phi) is 3.97. The zero-order chi connectivity index (χ0) is 13.8. The minimum Gasteiger partial charge on any atom is -0.493 e. The Balaban J connectivity index is 1.81. The minimum atomic E-state index is 0.394. The van der Waals surface area contributed by atoms with Crippen LogP contribution in [-0.4, -0.2) is 24.2 Å². The van der Waals surface area contributed by atoms with Crippen molar-refractivity contribution < 1.29 is 4.74 Å². The summed E-state index contributed by atoms with van der Waals surface area (Å²) in [6.45, 7) is 3.89. The van der Waals surface area contributed by atoms with E-state index < -0.39 is 0 Å². The first-order valence-electron chi connectivity index (χ1n) is 7.22. The molecular formula is C17H20N2O. The number of fused-ring (bicyclic) bond motifs is 1. The number of aromatic nitrogens is 1. The molecule has 0 aliphatic carbocycles. The summed E-state index contributed by atoms with van der Waals surface area (Å²) < 4.78 is 5.82. The molecule has 0 fully saturated rings. The second-order valence-corrected chi connectivity index (χ2v) is 5.18. The van der Waals surface area contributed by atoms with Gasteiger partial charge in [-0.2, -0.15) is 0 Å². The highest BCUT2D eigenvalue weighted by molar-refractivity contribution is 5.41. The van der Waals surface area contributed by atoms with E-state index >= 15 is 0 Å². The number of nitrogens with one attached hydrogen (secondary N) is 1. The zero-order valence-corrected chi connectivity index (χ0v) is 11.8. The molecule has 1 aromatic heterocycles. The molecule has 2 heterocycles. The van der Waals surface area contributed by atoms with Gasteiger partial charge in [-0.1, -0.05) is 25.1 Å². The van der Waals surface area contributed by atoms with Crippen molar-refractivity contribution in [3.05, 3.63) is 59.9 Å². The van der Waals surface area contributed by atoms with E-state index in [-0.39, 0.29) is 0 Å². The van der Waals surface area contributed by atoms with Crippen molar-refractivity contribution >= 4 is 0 Å². The van der Waals surface area contributed by atoms with Crippen LogP contribution < -0.4 is 10.1 Å². The molecule has 0 bridgehead atoms. The van der Waals surface area contributed by atoms with E-state index in [0.717, 1.165) is 25.3 Å². The summed E-state index contributed by atoms with van der Waals surface area (Å²) in [4.78, 5) is 4.09. The lowest BCUT2D eigenvalue weighted by Crippen LogP contribution is -2.37. The largest absolute Gasteiger partial charge is 0.493 e. The summed E-state index contributed by atoms with van der Waals surface area (Å²) in [5, 5.41) is 3.61. The Morgan fingerprint density at radius 1 is 1.25 bits per heavy atom. The predicted molar refractivity (Wildman–Crippen MR) is 80.1 cm³/mol. The van der Waals surface area contributed by atoms with Crippen LogP contribution in [-0.2, 0) is 6.42 Å². The van der Waals surface area contributed by atoms with Gasteiger partial charge in [0.1, 0.15) is 5.75 Å². The maximum absolute atomic E-state index is 5.82. The first-order chi connectivity index (χ1) is 9.88. The van der Waals surface area contributed by atoms with Crippen molar-refractivity contribution in [3.63, 3.8) is 0 Å². The quantitative estimate of drug-likeness (QED) is 0.905. The molecule has 1 aliphatic rings. The molecule has 0 saturated heterocycles. The van der Waals surface area contributed by atoms with Gasteiger partial charge in [0, 0.05) is 29.9 Å². The number of likely N-dealkylation sites (N-methyl/N-ethyl adjacent to an activating group) is 1. The van der Waals surface area contributed by atoms with Gasteiger partial charge in [0.05, 0.1) is 6.61 Å². The SMILES string of the molecule is CCNC(Cc1ccncc1)C1COc2ccccc21. The van der Waals surface area contributed by atoms with E-state index in [1.54, 1.807) is 0 Å². The molecule has 0 saturated carbocycles. The van der Waals surface area contributed by atoms with Crippen molar-refractivity contribution in [2.75, 3.05) is 13.2 Å². The summed E-state index contributed by atoms with van der Waals surface area (Å²) in [5.41, 5.74) is 2.64. The fourth-order valence-corrected chi connectivity index (χ4v) is 2.91. The summed E-state index contributed by atoms with van der Waals surface area (Å²) in [5.74, 6) is 1.45. The van der Waals surface area contributed by atoms with Crippen molar-refractivity contribution in [2.45, 2.75) is 25.3 Å². The van der Waals surface area contributed by atoms with Gasteiger partial charge in [-0.25, -0.2) is 0 Å². The van der Waals surface area contributed by atoms with E-state index in [1.165, 1.54) is 11.1 Å². The van der Waals surface area contributed by atoms with Gasteiger partial charge in [-0.05, 0) is 36.7 Å². The number of hydrogen-bond donors (Lipinski definition) is 1. The van der Waals surface area contributed by atoms with E-state index in [4.69, 9.17) is 4.74 Å². The van der Waals surface area contributed by atoms with Gasteiger partial charge < -0.3 is 10.1 Å². The number of nitrogens with zero attached hydrogens (tertiary/aromatic N) is 1. The fraction of sp³-hybridized carbons (Fsp3) is 0.353. The normalized spacial score (nSPS) is 18.4. The summed E-state index contributed by atoms with van der Waals surface area (Å²) in [6, 6.07) is 12.9. The predicted octanol–water partition coefficient (Wildman–Crippen LogP) is 2.78. The Bertz CT molecular complexity index is 556. The second-order valence-electron chi connectivity index (χ2n) is 5.18. The summed E-state index contributed by atoms with van der Waals surface area (Å²) in [7, 11) is 0. The highest BCUT2D eigenvalue weighted by Crippen LogP contribution is 2.36. The molecule has 0 radical (unpaired) electrons. The molecule has 2 unspecified atom stereocenters. The van der Waals surface area contributed by atoms with Crippen LogP contribution in [0.2, 0.25) is 0 Å². The third-order valence-corrected chi connectivity index (χ3v) is 3.89. The number of ether oxygens (including phenoxy) is 1. The van der Waals surface area contributed by atoms with E-state index in [0.29, 0.717) is 12.0 Å². The number of hydrogen-bond acceptors (Lipinski definition) is 3. The molecule has 1 aromatic carbocycles. The lowest BCUT2D eigenvalue weighted by Gasteiger charge is -2.23. The molecule has 2 atom stereocenters. The van der Waals surface area contributed by atoms with Crippen LogP contribution in [0.15, 0.2) is 48.8 Å². The van der Waals surface area contributed by atoms with Crippen LogP contribution in [0.25, 0.3) is 0 Å². The number of para-hydroxylation sites is 1. The topological polar surface area (TPSA) is 34.2 Å². The number of rotatable bonds is 5. The molecule has 1 aliphatic heterocycles. The van der Waals surface area contributed by atoms with Crippen molar-refractivity contribution in [3.8, 4) is 5.75 Å². The molecule has 0 amide bonds. The van der Waals surface area contributed by atoms with Crippen LogP contribution in [0, 0.1) is 0 Å². The summed E-state index contributed by atoms with van der Waals surface area (Å²) >= 11 is 0. The van der Waals surface area contributed by atoms with Gasteiger partial charge in [0.25, 0.3) is 0 Å². The molecule has 2 aromatic rings. The highest BCUT2D eigenvalue weighted by Gasteiger charge is 2.30. The molecule has 104 valence electrons. The molecular weight excluding hydrogens is 248 g/mol. The lowest BCUT2D eigenvalue weighted by atomic mass is 9.89. The highest BCUT2D eigenvalue weighted by atomic mass is 16.5. The Morgan fingerprint density at radius 2 is 2.05 bits per heavy atom. The van der Waals surface area contributed by atoms with Crippen molar-refractivity contribution in [2.24, 2.45) is 0 Å². The third kappa shape index (κ3) is 2.68. The average Bonchev–Trinajstić information content (AvgIpc) is 2.92. The average molecular weight is 268 g/mol. The second kappa shape index (κ2) is 6.06. The molecule has 3 nitrogen and oxygen atoms in total. The van der Waals surface area contributed by atoms with Gasteiger partial charge in [-0.3, -0.25) is 4.98 Å². The lowest BCUT2D eigenvalue weighted by molar-refractivity contribution is 0.298. The Morgan fingerprint density at radius 3 is 2.85 bits per heavy atom. The van der Waals surface area contributed by atoms with E-state index in [2.05, 4.69) is 47.6 Å². The van der Waals surface area contributed by atoms with Crippen LogP contribution in [0.4, 0.5) is 0 Å². The summed E-state index contributed by atoms with van der Waals surface area (Å²) in [6.07, 6.45) is 4.72. The Labute approximate surface area is 120 Å². The maximum atomic E-state index is 5.82. The molecule has 0 spiro atoms. The smallest absolute Gasteiger partial charge is 0.122 e. The van der Waals surface area contributed by atoms with Gasteiger partial charge in [-0.15, -0.1) is 0 Å². The third-order valence-electron chi connectivity index (χ3n) is 3.89. The van der Waals surface area contributed by atoms with Crippen molar-refractivity contribution in [1.82, 2.24) is 10.3 Å². The molecule has 1 N–H and O–H groups in total. The molecule has 3 rings (SSSR count). The molecule has 3 heteroatoms. The van der Waals surface area contributed by atoms with Gasteiger partial charge >= 0.3 is 0 Å². The van der Waals surface area contributed by atoms with E-state index in [9.17, 15) is 0 Å². The van der Waals surface area contributed by atoms with E-state index in [1.807, 2.05) is 18.5 Å². The van der Waals surface area contributed by atoms with Crippen LogP contribution in [0.3, 0.4) is 0 Å². The number of benzene rings is 1. The monoisotopic (exact) mass is 268 g/mol. The number of pyridine rings is 1. The van der Waals surface area contributed by atoms with Gasteiger partial charge in [0.2, 0.25) is 0 Å². The van der Waals surface area contributed by atoms with Crippen LogP contribution in [0.5, 0.6) is 5.75 Å². The minimum absolute atomic E-state index is 0.394. The zero-order valence-electron chi connectivity index (χ0n) is 11.8. The molecule has 20 heavy (non-hydrogen) atoms. The standard InChI is InChI=1S/C17H20N2O/c1-2-19-16(11-13-7-9-18-10-8-13)15-12-20-17-6-4-3-5-14(15)17/h3-10,15-16,19H,2,11-12H2,1H3. The van der Waals surface area contributed by atoms with Gasteiger partial charge in [0.15, 0.2) is 0 Å². The van der Waals surface area contributed by atoms with Crippen molar-refractivity contribution in [1.29, 1.82) is 0 Å². The Hall–Kier alpha value is -1.87. The fourth-order valence-electron chi connectivity index (χ4n) is 2.91. The maximum Gasteiger partial charge on any atom is 0.122 e. The van der Waals surface area contributed by atoms with Crippen LogP contribution in [0.1, 0.15) is 24.0 Å². The first-order valence-corrected chi connectivity index (χ1v) is 7.22. The first kappa shape index (κ1) is 13.1. The van der Waals surface area contributed by atoms with Crippen LogP contribution >= 0.6 is 0 Å².